The molecule has 2 aromatic carbocycles. The summed E-state index contributed by atoms with van der Waals surface area (Å²) in [5.41, 5.74) is 3.20. The van der Waals surface area contributed by atoms with Gasteiger partial charge in [0.1, 0.15) is 18.9 Å². The van der Waals surface area contributed by atoms with Crippen LogP contribution >= 0.6 is 11.6 Å². The summed E-state index contributed by atoms with van der Waals surface area (Å²) < 4.78 is 31.1. The van der Waals surface area contributed by atoms with Gasteiger partial charge in [0, 0.05) is 5.02 Å². The average molecular weight is 425 g/mol. The number of nitrogens with zero attached hydrogens (tertiary/aromatic N) is 1. The highest BCUT2D eigenvalue weighted by Crippen LogP contribution is 2.25. The number of hydrogen-bond donors (Lipinski definition) is 1. The van der Waals surface area contributed by atoms with E-state index < -0.39 is 15.9 Å². The standard InChI is InChI=1S/C20H25ClN2O4S/c1-14-5-6-15(2)19(11-14)27-10-9-22-20(24)13-23(28(4,25)26)18-8-7-17(21)12-16(18)3/h5-8,11-12H,9-10,13H2,1-4H3,(H,22,24). The number of carbonyl (C=O) groups excluding carboxylic acids is 1. The van der Waals surface area contributed by atoms with Crippen molar-refractivity contribution >= 4 is 33.2 Å². The van der Waals surface area contributed by atoms with E-state index in [0.29, 0.717) is 16.3 Å². The minimum Gasteiger partial charge on any atom is -0.491 e. The van der Waals surface area contributed by atoms with Crippen LogP contribution in [0.5, 0.6) is 5.75 Å². The molecule has 1 N–H and O–H groups in total. The fourth-order valence-corrected chi connectivity index (χ4v) is 3.82. The summed E-state index contributed by atoms with van der Waals surface area (Å²) in [4.78, 5) is 12.3. The van der Waals surface area contributed by atoms with Crippen LogP contribution in [-0.2, 0) is 14.8 Å². The Morgan fingerprint density at radius 2 is 1.82 bits per heavy atom. The second-order valence-electron chi connectivity index (χ2n) is 6.67. The Balaban J connectivity index is 1.96. The molecule has 28 heavy (non-hydrogen) atoms. The van der Waals surface area contributed by atoms with E-state index in [4.69, 9.17) is 16.3 Å². The first kappa shape index (κ1) is 22.0. The molecule has 0 saturated heterocycles. The molecule has 6 nitrogen and oxygen atoms in total. The minimum atomic E-state index is -3.63. The highest BCUT2D eigenvalue weighted by atomic mass is 35.5. The Bertz CT molecular complexity index is 961. The summed E-state index contributed by atoms with van der Waals surface area (Å²) in [7, 11) is -3.63. The molecule has 0 aliphatic carbocycles. The number of amides is 1. The lowest BCUT2D eigenvalue weighted by Gasteiger charge is -2.23. The lowest BCUT2D eigenvalue weighted by Crippen LogP contribution is -2.41. The maximum Gasteiger partial charge on any atom is 0.240 e. The smallest absolute Gasteiger partial charge is 0.240 e. The van der Waals surface area contributed by atoms with Gasteiger partial charge in [0.05, 0.1) is 18.5 Å². The normalized spacial score (nSPS) is 11.2. The molecule has 152 valence electrons. The number of carbonyl (C=O) groups is 1. The Morgan fingerprint density at radius 3 is 2.46 bits per heavy atom. The third-order valence-electron chi connectivity index (χ3n) is 4.14. The molecular weight excluding hydrogens is 400 g/mol. The second-order valence-corrected chi connectivity index (χ2v) is 9.01. The van der Waals surface area contributed by atoms with E-state index >= 15 is 0 Å². The van der Waals surface area contributed by atoms with E-state index in [1.165, 1.54) is 0 Å². The molecule has 8 heteroatoms. The van der Waals surface area contributed by atoms with Gasteiger partial charge in [0.2, 0.25) is 15.9 Å². The number of benzene rings is 2. The van der Waals surface area contributed by atoms with E-state index in [2.05, 4.69) is 5.32 Å². The van der Waals surface area contributed by atoms with Crippen LogP contribution in [0.25, 0.3) is 0 Å². The van der Waals surface area contributed by atoms with E-state index in [0.717, 1.165) is 27.4 Å². The van der Waals surface area contributed by atoms with Gasteiger partial charge in [-0.15, -0.1) is 0 Å². The molecule has 0 aliphatic heterocycles. The molecule has 2 rings (SSSR count). The summed E-state index contributed by atoms with van der Waals surface area (Å²) in [6.07, 6.45) is 1.07. The summed E-state index contributed by atoms with van der Waals surface area (Å²) in [5, 5.41) is 3.20. The van der Waals surface area contributed by atoms with Crippen molar-refractivity contribution in [2.45, 2.75) is 20.8 Å². The molecule has 0 saturated carbocycles. The zero-order valence-electron chi connectivity index (χ0n) is 16.5. The van der Waals surface area contributed by atoms with Crippen LogP contribution in [0.4, 0.5) is 5.69 Å². The Morgan fingerprint density at radius 1 is 1.11 bits per heavy atom. The fraction of sp³-hybridized carbons (Fsp3) is 0.350. The van der Waals surface area contributed by atoms with Crippen molar-refractivity contribution in [1.29, 1.82) is 0 Å². The molecule has 0 aromatic heterocycles. The van der Waals surface area contributed by atoms with Crippen LogP contribution in [0.3, 0.4) is 0 Å². The number of anilines is 1. The van der Waals surface area contributed by atoms with Gasteiger partial charge in [-0.3, -0.25) is 9.10 Å². The van der Waals surface area contributed by atoms with E-state index in [1.54, 1.807) is 25.1 Å². The summed E-state index contributed by atoms with van der Waals surface area (Å²) in [6.45, 7) is 5.91. The lowest BCUT2D eigenvalue weighted by molar-refractivity contribution is -0.119. The van der Waals surface area contributed by atoms with Gasteiger partial charge in [-0.2, -0.15) is 0 Å². The first-order chi connectivity index (χ1) is 13.1. The molecule has 0 atom stereocenters. The summed E-state index contributed by atoms with van der Waals surface area (Å²) in [5.74, 6) is 0.355. The fourth-order valence-electron chi connectivity index (χ4n) is 2.68. The van der Waals surface area contributed by atoms with Crippen LogP contribution in [0.1, 0.15) is 16.7 Å². The number of nitrogens with one attached hydrogen (secondary N) is 1. The molecule has 0 heterocycles. The number of rotatable bonds is 8. The molecule has 0 aliphatic rings. The van der Waals surface area contributed by atoms with Gasteiger partial charge in [-0.05, 0) is 61.7 Å². The maximum absolute atomic E-state index is 12.3. The molecule has 0 fully saturated rings. The monoisotopic (exact) mass is 424 g/mol. The van der Waals surface area contributed by atoms with Gasteiger partial charge >= 0.3 is 0 Å². The van der Waals surface area contributed by atoms with Crippen LogP contribution in [0.2, 0.25) is 5.02 Å². The topological polar surface area (TPSA) is 75.7 Å². The maximum atomic E-state index is 12.3. The van der Waals surface area contributed by atoms with Gasteiger partial charge in [0.15, 0.2) is 0 Å². The predicted octanol–water partition coefficient (Wildman–Crippen LogP) is 3.23. The van der Waals surface area contributed by atoms with Gasteiger partial charge in [-0.25, -0.2) is 8.42 Å². The van der Waals surface area contributed by atoms with Crippen molar-refractivity contribution in [3.63, 3.8) is 0 Å². The zero-order valence-corrected chi connectivity index (χ0v) is 18.0. The molecule has 1 amide bonds. The van der Waals surface area contributed by atoms with Crippen LogP contribution in [0, 0.1) is 20.8 Å². The van der Waals surface area contributed by atoms with E-state index in [-0.39, 0.29) is 19.7 Å². The number of ether oxygens (including phenoxy) is 1. The molecule has 0 unspecified atom stereocenters. The molecule has 0 radical (unpaired) electrons. The first-order valence-corrected chi connectivity index (χ1v) is 11.0. The number of halogens is 1. The quantitative estimate of drug-likeness (QED) is 0.660. The third kappa shape index (κ3) is 6.14. The Labute approximate surface area is 171 Å². The lowest BCUT2D eigenvalue weighted by atomic mass is 10.1. The van der Waals surface area contributed by atoms with Crippen molar-refractivity contribution in [3.05, 3.63) is 58.1 Å². The minimum absolute atomic E-state index is 0.267. The SMILES string of the molecule is Cc1ccc(C)c(OCCNC(=O)CN(c2ccc(Cl)cc2C)S(C)(=O)=O)c1. The van der Waals surface area contributed by atoms with Crippen LogP contribution in [-0.4, -0.2) is 40.3 Å². The van der Waals surface area contributed by atoms with Crippen molar-refractivity contribution < 1.29 is 17.9 Å². The van der Waals surface area contributed by atoms with Crippen molar-refractivity contribution in [1.82, 2.24) is 5.32 Å². The molecular formula is C20H25ClN2O4S. The Hall–Kier alpha value is -2.25. The highest BCUT2D eigenvalue weighted by Gasteiger charge is 2.22. The van der Waals surface area contributed by atoms with Crippen molar-refractivity contribution in [3.8, 4) is 5.75 Å². The van der Waals surface area contributed by atoms with E-state index in [1.807, 2.05) is 32.0 Å². The molecule has 2 aromatic rings. The number of aryl methyl sites for hydroxylation is 3. The highest BCUT2D eigenvalue weighted by molar-refractivity contribution is 7.92. The largest absolute Gasteiger partial charge is 0.491 e. The van der Waals surface area contributed by atoms with E-state index in [9.17, 15) is 13.2 Å². The summed E-state index contributed by atoms with van der Waals surface area (Å²) in [6, 6.07) is 10.8. The first-order valence-electron chi connectivity index (χ1n) is 8.78. The van der Waals surface area contributed by atoms with Crippen molar-refractivity contribution in [2.24, 2.45) is 0 Å². The van der Waals surface area contributed by atoms with Crippen molar-refractivity contribution in [2.75, 3.05) is 30.3 Å². The molecule has 0 bridgehead atoms. The Kier molecular flexibility index (Phi) is 7.32. The molecule has 0 spiro atoms. The van der Waals surface area contributed by atoms with Gasteiger partial charge < -0.3 is 10.1 Å². The van der Waals surface area contributed by atoms with Gasteiger partial charge in [-0.1, -0.05) is 23.7 Å². The average Bonchev–Trinajstić information content (AvgIpc) is 2.59. The van der Waals surface area contributed by atoms with Gasteiger partial charge in [0.25, 0.3) is 0 Å². The van der Waals surface area contributed by atoms with Crippen LogP contribution < -0.4 is 14.4 Å². The second kappa shape index (κ2) is 9.30. The third-order valence-corrected chi connectivity index (χ3v) is 5.50. The number of sulfonamides is 1. The zero-order chi connectivity index (χ0) is 20.9. The predicted molar refractivity (Wildman–Crippen MR) is 113 cm³/mol. The number of hydrogen-bond acceptors (Lipinski definition) is 4. The van der Waals surface area contributed by atoms with Crippen LogP contribution in [0.15, 0.2) is 36.4 Å². The summed E-state index contributed by atoms with van der Waals surface area (Å²) >= 11 is 5.94.